The number of rotatable bonds is 5. The minimum Gasteiger partial charge on any atom is -0.314 e. The van der Waals surface area contributed by atoms with E-state index in [1.807, 2.05) is 25.1 Å². The number of hydrogen-bond acceptors (Lipinski definition) is 1. The molecule has 1 aliphatic rings. The van der Waals surface area contributed by atoms with Gasteiger partial charge in [0.2, 0.25) is 0 Å². The molecule has 100 valence electrons. The Kier molecular flexibility index (Phi) is 3.95. The molecule has 2 rings (SSSR count). The Hall–Kier alpha value is -1.03. The van der Waals surface area contributed by atoms with Crippen molar-refractivity contribution < 1.29 is 13.2 Å². The fourth-order valence-electron chi connectivity index (χ4n) is 2.72. The Bertz CT molecular complexity index is 400. The smallest absolute Gasteiger partial charge is 0.314 e. The summed E-state index contributed by atoms with van der Waals surface area (Å²) in [6.45, 7) is 2.42. The van der Waals surface area contributed by atoms with E-state index in [0.717, 1.165) is 6.42 Å². The molecule has 4 heteroatoms. The highest BCUT2D eigenvalue weighted by molar-refractivity contribution is 5.39. The van der Waals surface area contributed by atoms with E-state index in [1.54, 1.807) is 0 Å². The predicted molar refractivity (Wildman–Crippen MR) is 65.6 cm³/mol. The largest absolute Gasteiger partial charge is 0.390 e. The summed E-state index contributed by atoms with van der Waals surface area (Å²) in [5.41, 5.74) is 2.51. The van der Waals surface area contributed by atoms with Crippen LogP contribution in [0.3, 0.4) is 0 Å². The monoisotopic (exact) mass is 257 g/mol. The molecule has 0 spiro atoms. The molecular formula is C14H18F3N. The van der Waals surface area contributed by atoms with Gasteiger partial charge in [0.05, 0.1) is 6.42 Å². The highest BCUT2D eigenvalue weighted by Gasteiger charge is 2.35. The second-order valence-corrected chi connectivity index (χ2v) is 4.91. The Morgan fingerprint density at radius 2 is 2.06 bits per heavy atom. The van der Waals surface area contributed by atoms with Crippen molar-refractivity contribution in [2.75, 3.05) is 6.54 Å². The molecular weight excluding hydrogens is 239 g/mol. The lowest BCUT2D eigenvalue weighted by Gasteiger charge is -2.33. The molecule has 1 N–H and O–H groups in total. The summed E-state index contributed by atoms with van der Waals surface area (Å²) >= 11 is 0. The van der Waals surface area contributed by atoms with Crippen LogP contribution in [-0.4, -0.2) is 18.8 Å². The normalized spacial score (nSPS) is 20.1. The second-order valence-electron chi connectivity index (χ2n) is 4.91. The molecule has 18 heavy (non-hydrogen) atoms. The summed E-state index contributed by atoms with van der Waals surface area (Å²) < 4.78 is 37.4. The van der Waals surface area contributed by atoms with Gasteiger partial charge < -0.3 is 5.32 Å². The zero-order valence-electron chi connectivity index (χ0n) is 10.4. The van der Waals surface area contributed by atoms with Crippen LogP contribution in [0, 0.1) is 0 Å². The van der Waals surface area contributed by atoms with Gasteiger partial charge in [-0.15, -0.1) is 0 Å². The molecule has 0 amide bonds. The maximum atomic E-state index is 12.5. The van der Waals surface area contributed by atoms with Crippen molar-refractivity contribution in [3.05, 3.63) is 35.4 Å². The van der Waals surface area contributed by atoms with Crippen LogP contribution in [0.25, 0.3) is 0 Å². The number of fused-ring (bicyclic) bond motifs is 1. The molecule has 0 saturated heterocycles. The van der Waals surface area contributed by atoms with Crippen molar-refractivity contribution >= 4 is 0 Å². The highest BCUT2D eigenvalue weighted by Crippen LogP contribution is 2.39. The van der Waals surface area contributed by atoms with Gasteiger partial charge in [0.1, 0.15) is 0 Å². The van der Waals surface area contributed by atoms with Crippen molar-refractivity contribution in [1.29, 1.82) is 0 Å². The van der Waals surface area contributed by atoms with Gasteiger partial charge in [0, 0.05) is 6.04 Å². The van der Waals surface area contributed by atoms with Crippen LogP contribution in [0.5, 0.6) is 0 Å². The van der Waals surface area contributed by atoms with E-state index in [-0.39, 0.29) is 5.92 Å². The van der Waals surface area contributed by atoms with E-state index in [9.17, 15) is 13.2 Å². The maximum Gasteiger partial charge on any atom is 0.390 e. The molecule has 0 bridgehead atoms. The van der Waals surface area contributed by atoms with Crippen molar-refractivity contribution in [2.24, 2.45) is 0 Å². The zero-order chi connectivity index (χ0) is 13.2. The molecule has 0 saturated carbocycles. The lowest BCUT2D eigenvalue weighted by molar-refractivity contribution is -0.140. The zero-order valence-corrected chi connectivity index (χ0v) is 10.4. The van der Waals surface area contributed by atoms with Gasteiger partial charge in [-0.1, -0.05) is 31.2 Å². The third-order valence-electron chi connectivity index (χ3n) is 3.50. The number of halogens is 3. The van der Waals surface area contributed by atoms with Crippen molar-refractivity contribution in [2.45, 2.75) is 44.3 Å². The molecule has 1 aromatic carbocycles. The Morgan fingerprint density at radius 3 is 2.67 bits per heavy atom. The number of nitrogens with one attached hydrogen (secondary N) is 1. The summed E-state index contributed by atoms with van der Waals surface area (Å²) in [6.07, 6.45) is -3.34. The van der Waals surface area contributed by atoms with Gasteiger partial charge in [-0.05, 0) is 36.4 Å². The van der Waals surface area contributed by atoms with Crippen molar-refractivity contribution in [3.8, 4) is 0 Å². The first-order valence-electron chi connectivity index (χ1n) is 6.37. The van der Waals surface area contributed by atoms with Gasteiger partial charge in [-0.25, -0.2) is 0 Å². The van der Waals surface area contributed by atoms with Gasteiger partial charge in [-0.3, -0.25) is 0 Å². The minimum atomic E-state index is -4.09. The van der Waals surface area contributed by atoms with Crippen LogP contribution in [-0.2, 0) is 6.42 Å². The Morgan fingerprint density at radius 1 is 1.33 bits per heavy atom. The molecule has 0 fully saturated rings. The highest BCUT2D eigenvalue weighted by atomic mass is 19.4. The maximum absolute atomic E-state index is 12.5. The van der Waals surface area contributed by atoms with Crippen LogP contribution < -0.4 is 5.32 Å². The Balaban J connectivity index is 1.95. The summed E-state index contributed by atoms with van der Waals surface area (Å²) in [4.78, 5) is 0. The van der Waals surface area contributed by atoms with Crippen LogP contribution in [0.4, 0.5) is 13.2 Å². The van der Waals surface area contributed by atoms with Crippen molar-refractivity contribution in [1.82, 2.24) is 5.32 Å². The van der Waals surface area contributed by atoms with E-state index in [0.29, 0.717) is 13.0 Å². The fraction of sp³-hybridized carbons (Fsp3) is 0.571. The first-order chi connectivity index (χ1) is 8.49. The lowest BCUT2D eigenvalue weighted by Crippen LogP contribution is -2.36. The summed E-state index contributed by atoms with van der Waals surface area (Å²) in [7, 11) is 0. The second kappa shape index (κ2) is 5.31. The average Bonchev–Trinajstić information content (AvgIpc) is 2.24. The molecule has 1 nitrogen and oxygen atoms in total. The molecule has 0 aromatic heterocycles. The number of benzene rings is 1. The Labute approximate surface area is 105 Å². The average molecular weight is 257 g/mol. The first-order valence-corrected chi connectivity index (χ1v) is 6.37. The van der Waals surface area contributed by atoms with Gasteiger partial charge in [0.15, 0.2) is 0 Å². The third kappa shape index (κ3) is 3.25. The van der Waals surface area contributed by atoms with Crippen LogP contribution in [0.2, 0.25) is 0 Å². The summed E-state index contributed by atoms with van der Waals surface area (Å²) in [6, 6.07) is 7.55. The molecule has 2 unspecified atom stereocenters. The topological polar surface area (TPSA) is 12.0 Å². The van der Waals surface area contributed by atoms with E-state index < -0.39 is 18.6 Å². The van der Waals surface area contributed by atoms with E-state index in [2.05, 4.69) is 11.4 Å². The van der Waals surface area contributed by atoms with Crippen LogP contribution >= 0.6 is 0 Å². The lowest BCUT2D eigenvalue weighted by atomic mass is 9.74. The van der Waals surface area contributed by atoms with Gasteiger partial charge in [-0.2, -0.15) is 13.2 Å². The number of alkyl halides is 3. The van der Waals surface area contributed by atoms with Gasteiger partial charge >= 0.3 is 6.18 Å². The van der Waals surface area contributed by atoms with Crippen LogP contribution in [0.15, 0.2) is 24.3 Å². The minimum absolute atomic E-state index is 0.285. The summed E-state index contributed by atoms with van der Waals surface area (Å²) in [5, 5.41) is 2.95. The predicted octanol–water partition coefficient (Wildman–Crippen LogP) is 3.65. The van der Waals surface area contributed by atoms with E-state index in [4.69, 9.17) is 0 Å². The van der Waals surface area contributed by atoms with E-state index >= 15 is 0 Å². The van der Waals surface area contributed by atoms with E-state index in [1.165, 1.54) is 11.1 Å². The summed E-state index contributed by atoms with van der Waals surface area (Å²) in [5.74, 6) is 0.285. The fourth-order valence-corrected chi connectivity index (χ4v) is 2.72. The first kappa shape index (κ1) is 13.4. The molecule has 1 aliphatic carbocycles. The molecule has 0 aliphatic heterocycles. The van der Waals surface area contributed by atoms with Crippen LogP contribution in [0.1, 0.15) is 36.8 Å². The molecule has 0 radical (unpaired) electrons. The van der Waals surface area contributed by atoms with Gasteiger partial charge in [0.25, 0.3) is 0 Å². The standard InChI is InChI=1S/C14H18F3N/c1-2-18-12(9-14(15,16)17)8-11-7-10-5-3-4-6-13(10)11/h3-6,11-12,18H,2,7-9H2,1H3. The van der Waals surface area contributed by atoms with Crippen molar-refractivity contribution in [3.63, 3.8) is 0 Å². The molecule has 1 aromatic rings. The molecule has 0 heterocycles. The SMILES string of the molecule is CCNC(CC1Cc2ccccc21)CC(F)(F)F. The quantitative estimate of drug-likeness (QED) is 0.849. The number of hydrogen-bond donors (Lipinski definition) is 1. The third-order valence-corrected chi connectivity index (χ3v) is 3.50. The molecule has 2 atom stereocenters.